The highest BCUT2D eigenvalue weighted by Crippen LogP contribution is 2.43. The predicted octanol–water partition coefficient (Wildman–Crippen LogP) is 1.68. The normalized spacial score (nSPS) is 16.4. The van der Waals surface area contributed by atoms with E-state index in [1.165, 1.54) is 12.0 Å². The van der Waals surface area contributed by atoms with Crippen molar-refractivity contribution in [1.29, 1.82) is 0 Å². The molecule has 1 saturated heterocycles. The first-order chi connectivity index (χ1) is 18.4. The van der Waals surface area contributed by atoms with Gasteiger partial charge in [-0.3, -0.25) is 14.4 Å². The molecule has 11 heteroatoms. The molecule has 0 radical (unpaired) electrons. The van der Waals surface area contributed by atoms with Crippen LogP contribution in [0, 0.1) is 0 Å². The fraction of sp³-hybridized carbons (Fsp3) is 0.333. The Hall–Kier alpha value is -4.54. The van der Waals surface area contributed by atoms with Crippen molar-refractivity contribution in [2.75, 3.05) is 64.1 Å². The fourth-order valence-corrected chi connectivity index (χ4v) is 4.78. The van der Waals surface area contributed by atoms with Gasteiger partial charge in [0.05, 0.1) is 37.3 Å². The van der Waals surface area contributed by atoms with Crippen molar-refractivity contribution in [3.63, 3.8) is 0 Å². The van der Waals surface area contributed by atoms with Gasteiger partial charge in [-0.2, -0.15) is 0 Å². The minimum absolute atomic E-state index is 0.0792. The highest BCUT2D eigenvalue weighted by molar-refractivity contribution is 6.38. The molecule has 0 saturated carbocycles. The number of fused-ring (bicyclic) bond motifs is 1. The number of ketones is 1. The Balaban J connectivity index is 1.32. The van der Waals surface area contributed by atoms with Crippen LogP contribution in [0.1, 0.15) is 21.8 Å². The third-order valence-corrected chi connectivity index (χ3v) is 6.87. The number of methoxy groups -OCH3 is 1. The van der Waals surface area contributed by atoms with Crippen LogP contribution in [0.5, 0.6) is 5.75 Å². The summed E-state index contributed by atoms with van der Waals surface area (Å²) in [5, 5.41) is 3.24. The lowest BCUT2D eigenvalue weighted by molar-refractivity contribution is -0.146. The van der Waals surface area contributed by atoms with Gasteiger partial charge in [0.25, 0.3) is 11.8 Å². The molecule has 2 amide bonds. The van der Waals surface area contributed by atoms with Crippen molar-refractivity contribution in [1.82, 2.24) is 24.8 Å². The zero-order valence-electron chi connectivity index (χ0n) is 21.5. The molecule has 0 bridgehead atoms. The number of Topliss-reactive ketones (excluding diaryl/α,β-unsaturated/α-hetero) is 1. The van der Waals surface area contributed by atoms with E-state index in [9.17, 15) is 14.4 Å². The van der Waals surface area contributed by atoms with Crippen molar-refractivity contribution in [2.45, 2.75) is 5.92 Å². The third-order valence-electron chi connectivity index (χ3n) is 6.87. The molecule has 2 aliphatic heterocycles. The average molecular weight is 516 g/mol. The molecule has 38 heavy (non-hydrogen) atoms. The van der Waals surface area contributed by atoms with Gasteiger partial charge in [-0.1, -0.05) is 18.2 Å². The standard InChI is InChI=1S/C27H29N7O4/c1-32(2)21-16-28-19(14-29-21)23-24-22(20(38-3)15-31-23)18(13-30-24)25(35)27(37)34-11-9-33(10-12-34)26(36)17-7-5-4-6-8-17/h4-8,14-16,18,30H,9-13H2,1-3H3. The van der Waals surface area contributed by atoms with Gasteiger partial charge in [0.15, 0.2) is 0 Å². The summed E-state index contributed by atoms with van der Waals surface area (Å²) in [6.45, 7) is 1.56. The minimum Gasteiger partial charge on any atom is -0.495 e. The van der Waals surface area contributed by atoms with Gasteiger partial charge in [-0.25, -0.2) is 15.0 Å². The number of carbonyl (C=O) groups is 3. The van der Waals surface area contributed by atoms with Crippen LogP contribution in [0.3, 0.4) is 0 Å². The van der Waals surface area contributed by atoms with Crippen LogP contribution in [0.25, 0.3) is 11.4 Å². The van der Waals surface area contributed by atoms with E-state index in [0.29, 0.717) is 65.9 Å². The summed E-state index contributed by atoms with van der Waals surface area (Å²) in [6.07, 6.45) is 4.82. The molecule has 0 aliphatic carbocycles. The smallest absolute Gasteiger partial charge is 0.290 e. The lowest BCUT2D eigenvalue weighted by atomic mass is 9.94. The summed E-state index contributed by atoms with van der Waals surface area (Å²) in [6, 6.07) is 9.04. The molecule has 3 aromatic rings. The molecular weight excluding hydrogens is 486 g/mol. The van der Waals surface area contributed by atoms with Crippen molar-refractivity contribution in [3.8, 4) is 17.1 Å². The van der Waals surface area contributed by atoms with E-state index >= 15 is 0 Å². The number of carbonyl (C=O) groups excluding carboxylic acids is 3. The number of pyridine rings is 1. The number of nitrogens with zero attached hydrogens (tertiary/aromatic N) is 6. The second kappa shape index (κ2) is 10.4. The number of hydrogen-bond donors (Lipinski definition) is 1. The van der Waals surface area contributed by atoms with Gasteiger partial charge < -0.3 is 24.8 Å². The molecule has 11 nitrogen and oxygen atoms in total. The summed E-state index contributed by atoms with van der Waals surface area (Å²) in [7, 11) is 5.26. The topological polar surface area (TPSA) is 121 Å². The first-order valence-corrected chi connectivity index (χ1v) is 12.4. The first-order valence-electron chi connectivity index (χ1n) is 12.4. The van der Waals surface area contributed by atoms with Crippen molar-refractivity contribution >= 4 is 29.1 Å². The number of nitrogens with one attached hydrogen (secondary N) is 1. The Bertz CT molecular complexity index is 1350. The molecule has 4 heterocycles. The van der Waals surface area contributed by atoms with Gasteiger partial charge in [-0.15, -0.1) is 0 Å². The SMILES string of the molecule is COc1cnc(-c2cnc(N(C)C)cn2)c2c1C(C(=O)C(=O)N1CCN(C(=O)c3ccccc3)CC1)CN2. The largest absolute Gasteiger partial charge is 0.495 e. The summed E-state index contributed by atoms with van der Waals surface area (Å²) in [5.74, 6) is -0.765. The summed E-state index contributed by atoms with van der Waals surface area (Å²) in [4.78, 5) is 57.9. The van der Waals surface area contributed by atoms with E-state index in [0.717, 1.165) is 0 Å². The number of piperazine rings is 1. The molecule has 5 rings (SSSR count). The maximum Gasteiger partial charge on any atom is 0.290 e. The number of ether oxygens (including phenoxy) is 1. The predicted molar refractivity (Wildman–Crippen MR) is 141 cm³/mol. The number of amides is 2. The van der Waals surface area contributed by atoms with Gasteiger partial charge in [0.2, 0.25) is 5.78 Å². The summed E-state index contributed by atoms with van der Waals surface area (Å²) >= 11 is 0. The lowest BCUT2D eigenvalue weighted by Gasteiger charge is -2.34. The highest BCUT2D eigenvalue weighted by Gasteiger charge is 2.40. The van der Waals surface area contributed by atoms with Crippen LogP contribution in [-0.2, 0) is 9.59 Å². The molecule has 0 spiro atoms. The number of anilines is 2. The van der Waals surface area contributed by atoms with Crippen molar-refractivity contribution in [3.05, 3.63) is 60.0 Å². The Kier molecular flexibility index (Phi) is 6.91. The number of hydrogen-bond acceptors (Lipinski definition) is 9. The summed E-state index contributed by atoms with van der Waals surface area (Å²) in [5.41, 5.74) is 2.89. The van der Waals surface area contributed by atoms with Gasteiger partial charge in [0.1, 0.15) is 23.0 Å². The van der Waals surface area contributed by atoms with Crippen molar-refractivity contribution in [2.24, 2.45) is 0 Å². The van der Waals surface area contributed by atoms with E-state index in [4.69, 9.17) is 4.74 Å². The lowest BCUT2D eigenvalue weighted by Crippen LogP contribution is -2.52. The van der Waals surface area contributed by atoms with E-state index in [1.54, 1.807) is 35.6 Å². The summed E-state index contributed by atoms with van der Waals surface area (Å²) < 4.78 is 5.52. The molecule has 2 aromatic heterocycles. The molecule has 196 valence electrons. The molecule has 2 aliphatic rings. The fourth-order valence-electron chi connectivity index (χ4n) is 4.78. The molecular formula is C27H29N7O4. The van der Waals surface area contributed by atoms with Crippen LogP contribution >= 0.6 is 0 Å². The number of rotatable bonds is 6. The third kappa shape index (κ3) is 4.62. The average Bonchev–Trinajstić information content (AvgIpc) is 3.41. The maximum absolute atomic E-state index is 13.5. The van der Waals surface area contributed by atoms with E-state index in [2.05, 4.69) is 20.3 Å². The Morgan fingerprint density at radius 2 is 1.66 bits per heavy atom. The highest BCUT2D eigenvalue weighted by atomic mass is 16.5. The quantitative estimate of drug-likeness (QED) is 0.489. The number of aromatic nitrogens is 3. The van der Waals surface area contributed by atoms with E-state index in [1.807, 2.05) is 37.2 Å². The molecule has 1 N–H and O–H groups in total. The van der Waals surface area contributed by atoms with Crippen LogP contribution in [0.15, 0.2) is 48.9 Å². The van der Waals surface area contributed by atoms with Crippen molar-refractivity contribution < 1.29 is 19.1 Å². The zero-order valence-corrected chi connectivity index (χ0v) is 21.5. The van der Waals surface area contributed by atoms with Crippen LogP contribution in [0.2, 0.25) is 0 Å². The Morgan fingerprint density at radius 3 is 2.29 bits per heavy atom. The van der Waals surface area contributed by atoms with Crippen LogP contribution in [0.4, 0.5) is 11.5 Å². The molecule has 1 atom stereocenters. The van der Waals surface area contributed by atoms with E-state index < -0.39 is 17.6 Å². The van der Waals surface area contributed by atoms with Gasteiger partial charge in [0, 0.05) is 57.9 Å². The molecule has 1 unspecified atom stereocenters. The number of benzene rings is 1. The van der Waals surface area contributed by atoms with Crippen LogP contribution < -0.4 is 15.0 Å². The first kappa shape index (κ1) is 25.1. The molecule has 1 aromatic carbocycles. The maximum atomic E-state index is 13.5. The zero-order chi connectivity index (χ0) is 26.8. The second-order valence-corrected chi connectivity index (χ2v) is 9.37. The van der Waals surface area contributed by atoms with Gasteiger partial charge >= 0.3 is 0 Å². The van der Waals surface area contributed by atoms with Gasteiger partial charge in [-0.05, 0) is 12.1 Å². The minimum atomic E-state index is -0.729. The monoisotopic (exact) mass is 515 g/mol. The molecule has 1 fully saturated rings. The Labute approximate surface area is 220 Å². The van der Waals surface area contributed by atoms with Crippen LogP contribution in [-0.4, -0.2) is 96.3 Å². The van der Waals surface area contributed by atoms with E-state index in [-0.39, 0.29) is 12.5 Å². The Morgan fingerprint density at radius 1 is 0.947 bits per heavy atom. The second-order valence-electron chi connectivity index (χ2n) is 9.37.